The normalized spacial score (nSPS) is 19.5. The number of carbonyl (C=O) groups excluding carboxylic acids is 1. The molecule has 0 spiro atoms. The number of carbonyl (C=O) groups is 1. The van der Waals surface area contributed by atoms with E-state index in [2.05, 4.69) is 6.92 Å². The fourth-order valence-electron chi connectivity index (χ4n) is 1.38. The van der Waals surface area contributed by atoms with Gasteiger partial charge in [-0.15, -0.1) is 0 Å². The minimum atomic E-state index is 0. The smallest absolute Gasteiger partial charge is 0.127 e. The molecule has 0 aromatic heterocycles. The molecule has 0 aliphatic heterocycles. The van der Waals surface area contributed by atoms with Crippen LogP contribution in [0.2, 0.25) is 0 Å². The minimum absolute atomic E-state index is 0. The maximum Gasteiger partial charge on any atom is 0.127 e. The van der Waals surface area contributed by atoms with E-state index in [1.54, 1.807) is 5.92 Å². The van der Waals surface area contributed by atoms with Crippen LogP contribution < -0.4 is 0 Å². The van der Waals surface area contributed by atoms with Crippen LogP contribution in [-0.2, 0) is 37.5 Å². The molecule has 2 heteroatoms. The van der Waals surface area contributed by atoms with Crippen LogP contribution in [0, 0.1) is 12.8 Å². The standard InChI is InChI=1S/C9H14O.Y/c1-2-3-8-4-6-9(10)7-5-8;/h1-7H2;/q-2;. The molecule has 1 nitrogen and oxygen atoms in total. The molecule has 0 atom stereocenters. The van der Waals surface area contributed by atoms with E-state index in [0.717, 1.165) is 38.5 Å². The monoisotopic (exact) mass is 227 g/mol. The Morgan fingerprint density at radius 3 is 2.36 bits per heavy atom. The van der Waals surface area contributed by atoms with Crippen molar-refractivity contribution in [3.8, 4) is 0 Å². The quantitative estimate of drug-likeness (QED) is 0.661. The summed E-state index contributed by atoms with van der Waals surface area (Å²) in [4.78, 5) is 10.8. The van der Waals surface area contributed by atoms with Gasteiger partial charge in [0.1, 0.15) is 5.78 Å². The van der Waals surface area contributed by atoms with Gasteiger partial charge in [-0.3, -0.25) is 4.79 Å². The largest absolute Gasteiger partial charge is 0.346 e. The van der Waals surface area contributed by atoms with Crippen LogP contribution >= 0.6 is 0 Å². The first kappa shape index (κ1) is 11.8. The summed E-state index contributed by atoms with van der Waals surface area (Å²) in [6.45, 7) is 3.79. The van der Waals surface area contributed by atoms with E-state index in [1.807, 2.05) is 0 Å². The Morgan fingerprint density at radius 1 is 1.36 bits per heavy atom. The van der Waals surface area contributed by atoms with Crippen LogP contribution in [0.25, 0.3) is 0 Å². The predicted molar refractivity (Wildman–Crippen MR) is 41.3 cm³/mol. The molecule has 0 bridgehead atoms. The Bertz CT molecular complexity index is 113. The van der Waals surface area contributed by atoms with Gasteiger partial charge in [-0.25, -0.2) is 12.8 Å². The molecule has 0 amide bonds. The molecule has 1 radical (unpaired) electrons. The number of ketones is 1. The summed E-state index contributed by atoms with van der Waals surface area (Å²) in [5.41, 5.74) is 0. The summed E-state index contributed by atoms with van der Waals surface area (Å²) in [5, 5.41) is 0. The molecule has 0 aromatic rings. The molecule has 0 saturated heterocycles. The SMILES string of the molecule is [CH2-]CC[C-]1CCC(=O)CC1.[Y]. The Kier molecular flexibility index (Phi) is 6.75. The summed E-state index contributed by atoms with van der Waals surface area (Å²) < 4.78 is 0. The summed E-state index contributed by atoms with van der Waals surface area (Å²) >= 11 is 0. The van der Waals surface area contributed by atoms with Crippen molar-refractivity contribution in [1.29, 1.82) is 0 Å². The van der Waals surface area contributed by atoms with Crippen molar-refractivity contribution in [3.63, 3.8) is 0 Å². The van der Waals surface area contributed by atoms with E-state index < -0.39 is 0 Å². The Morgan fingerprint density at radius 2 is 1.91 bits per heavy atom. The van der Waals surface area contributed by atoms with Gasteiger partial charge in [0.25, 0.3) is 0 Å². The number of hydrogen-bond acceptors (Lipinski definition) is 1. The third-order valence-corrected chi connectivity index (χ3v) is 2.05. The first-order valence-corrected chi connectivity index (χ1v) is 3.97. The second-order valence-electron chi connectivity index (χ2n) is 2.89. The van der Waals surface area contributed by atoms with E-state index in [9.17, 15) is 4.79 Å². The zero-order valence-electron chi connectivity index (χ0n) is 6.94. The predicted octanol–water partition coefficient (Wildman–Crippen LogP) is 2.32. The van der Waals surface area contributed by atoms with Crippen molar-refractivity contribution in [2.45, 2.75) is 38.5 Å². The van der Waals surface area contributed by atoms with Crippen molar-refractivity contribution in [3.05, 3.63) is 12.8 Å². The molecule has 1 rings (SSSR count). The number of Topliss-reactive ketones (excluding diaryl/α,β-unsaturated/α-hetero) is 1. The molecule has 1 aliphatic carbocycles. The number of rotatable bonds is 2. The van der Waals surface area contributed by atoms with E-state index in [1.165, 1.54) is 0 Å². The van der Waals surface area contributed by atoms with Gasteiger partial charge in [0.05, 0.1) is 0 Å². The Balaban J connectivity index is 0.000001000. The summed E-state index contributed by atoms with van der Waals surface area (Å²) in [7, 11) is 0. The molecule has 11 heavy (non-hydrogen) atoms. The Labute approximate surface area is 94.2 Å². The molecule has 1 aliphatic rings. The van der Waals surface area contributed by atoms with E-state index in [4.69, 9.17) is 0 Å². The van der Waals surface area contributed by atoms with E-state index >= 15 is 0 Å². The maximum atomic E-state index is 10.8. The second-order valence-corrected chi connectivity index (χ2v) is 2.89. The Hall–Kier alpha value is 0.774. The van der Waals surface area contributed by atoms with Crippen molar-refractivity contribution in [2.75, 3.05) is 0 Å². The number of hydrogen-bond donors (Lipinski definition) is 0. The topological polar surface area (TPSA) is 17.1 Å². The van der Waals surface area contributed by atoms with Gasteiger partial charge in [0.15, 0.2) is 0 Å². The van der Waals surface area contributed by atoms with Gasteiger partial charge in [0, 0.05) is 32.7 Å². The van der Waals surface area contributed by atoms with Gasteiger partial charge in [-0.05, 0) is 12.8 Å². The van der Waals surface area contributed by atoms with Gasteiger partial charge in [-0.2, -0.15) is 12.8 Å². The average molecular weight is 227 g/mol. The molecular formula is C9H14OY-2. The van der Waals surface area contributed by atoms with Gasteiger partial charge < -0.3 is 12.8 Å². The molecule has 1 fully saturated rings. The van der Waals surface area contributed by atoms with Crippen LogP contribution in [0.5, 0.6) is 0 Å². The molecule has 0 heterocycles. The van der Waals surface area contributed by atoms with Crippen molar-refractivity contribution < 1.29 is 37.5 Å². The van der Waals surface area contributed by atoms with Gasteiger partial charge in [0.2, 0.25) is 0 Å². The molecule has 0 N–H and O–H groups in total. The van der Waals surface area contributed by atoms with Crippen LogP contribution in [0.1, 0.15) is 38.5 Å². The van der Waals surface area contributed by atoms with Crippen LogP contribution in [0.4, 0.5) is 0 Å². The zero-order valence-corrected chi connectivity index (χ0v) is 9.77. The summed E-state index contributed by atoms with van der Waals surface area (Å²) in [6.07, 6.45) is 5.77. The second kappa shape index (κ2) is 6.31. The average Bonchev–Trinajstić information content (AvgIpc) is 1.95. The maximum absolute atomic E-state index is 10.8. The fourth-order valence-corrected chi connectivity index (χ4v) is 1.38. The van der Waals surface area contributed by atoms with Crippen LogP contribution in [0.15, 0.2) is 0 Å². The van der Waals surface area contributed by atoms with Crippen LogP contribution in [0.3, 0.4) is 0 Å². The van der Waals surface area contributed by atoms with Crippen molar-refractivity contribution >= 4 is 5.78 Å². The first-order chi connectivity index (χ1) is 4.83. The summed E-state index contributed by atoms with van der Waals surface area (Å²) in [6, 6.07) is 0. The molecular weight excluding hydrogens is 213 g/mol. The molecule has 0 aromatic carbocycles. The van der Waals surface area contributed by atoms with Gasteiger partial charge in [-0.1, -0.05) is 0 Å². The zero-order chi connectivity index (χ0) is 7.40. The molecule has 61 valence electrons. The third-order valence-electron chi connectivity index (χ3n) is 2.05. The van der Waals surface area contributed by atoms with E-state index in [0.29, 0.717) is 5.78 Å². The molecule has 1 saturated carbocycles. The fraction of sp³-hybridized carbons (Fsp3) is 0.667. The molecule has 0 unspecified atom stereocenters. The van der Waals surface area contributed by atoms with E-state index in [-0.39, 0.29) is 32.7 Å². The minimum Gasteiger partial charge on any atom is -0.346 e. The van der Waals surface area contributed by atoms with Crippen LogP contribution in [-0.4, -0.2) is 5.78 Å². The van der Waals surface area contributed by atoms with Crippen molar-refractivity contribution in [2.24, 2.45) is 0 Å². The third kappa shape index (κ3) is 4.37. The van der Waals surface area contributed by atoms with Gasteiger partial charge >= 0.3 is 0 Å². The van der Waals surface area contributed by atoms with Crippen molar-refractivity contribution in [1.82, 2.24) is 0 Å². The summed E-state index contributed by atoms with van der Waals surface area (Å²) in [5.74, 6) is 1.99. The first-order valence-electron chi connectivity index (χ1n) is 3.97.